The van der Waals surface area contributed by atoms with Crippen LogP contribution in [0.25, 0.3) is 55.0 Å². The first kappa shape index (κ1) is 8.33. The topological polar surface area (TPSA) is 9.86 Å². The van der Waals surface area contributed by atoms with Crippen LogP contribution in [0, 0.1) is 0 Å². The second-order valence-electron chi connectivity index (χ2n) is 7.12. The fourth-order valence-electron chi connectivity index (χ4n) is 4.10. The summed E-state index contributed by atoms with van der Waals surface area (Å²) < 4.78 is 133. The Bertz CT molecular complexity index is 2490. The molecule has 7 rings (SSSR count). The van der Waals surface area contributed by atoms with Crippen molar-refractivity contribution in [1.29, 1.82) is 0 Å². The van der Waals surface area contributed by atoms with E-state index in [9.17, 15) is 4.11 Å². The number of aromatic nitrogens is 2. The lowest BCUT2D eigenvalue weighted by Crippen LogP contribution is -1.95. The molecule has 0 fully saturated rings. The minimum atomic E-state index is -0.693. The molecule has 0 spiro atoms. The normalized spacial score (nSPS) is 18.3. The van der Waals surface area contributed by atoms with E-state index in [-0.39, 0.29) is 43.6 Å². The Balaban J connectivity index is 1.84. The molecule has 0 aliphatic rings. The van der Waals surface area contributed by atoms with Crippen molar-refractivity contribution in [1.82, 2.24) is 9.13 Å². The summed E-state index contributed by atoms with van der Waals surface area (Å²) in [5.41, 5.74) is -0.891. The van der Waals surface area contributed by atoms with Crippen LogP contribution >= 0.6 is 0 Å². The van der Waals surface area contributed by atoms with E-state index < -0.39 is 96.3 Å². The minimum absolute atomic E-state index is 0.0539. The molecule has 0 saturated carbocycles. The van der Waals surface area contributed by atoms with Crippen molar-refractivity contribution in [2.45, 2.75) is 0 Å². The van der Waals surface area contributed by atoms with Crippen molar-refractivity contribution < 1.29 is 20.6 Å². The van der Waals surface area contributed by atoms with Gasteiger partial charge in [-0.3, -0.25) is 0 Å². The van der Waals surface area contributed by atoms with Crippen LogP contribution in [-0.2, 0) is 0 Å². The Kier molecular flexibility index (Phi) is 1.72. The van der Waals surface area contributed by atoms with Gasteiger partial charge in [-0.15, -0.1) is 0 Å². The molecule has 0 unspecified atom stereocenters. The van der Waals surface area contributed by atoms with Gasteiger partial charge in [0.05, 0.1) is 42.6 Å². The molecule has 0 aliphatic heterocycles. The van der Waals surface area contributed by atoms with Crippen LogP contribution < -0.4 is 0 Å². The summed E-state index contributed by atoms with van der Waals surface area (Å²) in [7, 11) is 0. The molecule has 0 bridgehead atoms. The van der Waals surface area contributed by atoms with E-state index in [4.69, 9.17) is 16.4 Å². The number of benzene rings is 5. The number of rotatable bonds is 2. The molecule has 0 atom stereocenters. The molecular formula is C30H20N2. The van der Waals surface area contributed by atoms with Crippen molar-refractivity contribution in [2.75, 3.05) is 0 Å². The highest BCUT2D eigenvalue weighted by molar-refractivity contribution is 6.12. The van der Waals surface area contributed by atoms with Crippen molar-refractivity contribution in [3.63, 3.8) is 0 Å². The molecule has 2 heteroatoms. The number of para-hydroxylation sites is 4. The summed E-state index contributed by atoms with van der Waals surface area (Å²) in [6, 6.07) is -0.680. The molecule has 7 aromatic rings. The Labute approximate surface area is 206 Å². The molecule has 5 aromatic carbocycles. The van der Waals surface area contributed by atoms with Gasteiger partial charge in [-0.05, 0) is 48.4 Å². The summed E-state index contributed by atoms with van der Waals surface area (Å²) in [6.45, 7) is 0. The lowest BCUT2D eigenvalue weighted by Gasteiger charge is -2.10. The van der Waals surface area contributed by atoms with Gasteiger partial charge in [-0.2, -0.15) is 0 Å². The van der Waals surface area contributed by atoms with Crippen LogP contribution in [0.4, 0.5) is 0 Å². The first-order valence-electron chi connectivity index (χ1n) is 17.3. The van der Waals surface area contributed by atoms with Gasteiger partial charge in [0.1, 0.15) is 0 Å². The van der Waals surface area contributed by atoms with E-state index in [0.717, 1.165) is 4.57 Å². The standard InChI is InChI=1S/C30H20N2/c1-2-10-21(11-3-1)31-29-17-9-6-14-25(29)26-20-22(18-19-30(26)31)32-27-15-7-4-12-23(27)24-13-5-8-16-28(24)32/h1-20H/i4D,5D,6D,7D,8D,9D,12D,13D,14D,15D,16D,17D,18D,19D,20D. The second-order valence-corrected chi connectivity index (χ2v) is 7.12. The first-order chi connectivity index (χ1) is 22.1. The molecule has 0 aliphatic carbocycles. The van der Waals surface area contributed by atoms with Gasteiger partial charge in [0, 0.05) is 32.9 Å². The van der Waals surface area contributed by atoms with Gasteiger partial charge in [-0.25, -0.2) is 0 Å². The van der Waals surface area contributed by atoms with Crippen molar-refractivity contribution in [3.05, 3.63) is 121 Å². The summed E-state index contributed by atoms with van der Waals surface area (Å²) >= 11 is 0. The zero-order valence-corrected chi connectivity index (χ0v) is 16.3. The van der Waals surface area contributed by atoms with Gasteiger partial charge < -0.3 is 9.13 Å². The Morgan fingerprint density at radius 3 is 1.50 bits per heavy atom. The van der Waals surface area contributed by atoms with Crippen LogP contribution in [-0.4, -0.2) is 9.13 Å². The Hall–Kier alpha value is -4.30. The van der Waals surface area contributed by atoms with Crippen LogP contribution in [0.5, 0.6) is 0 Å². The fourth-order valence-corrected chi connectivity index (χ4v) is 4.10. The van der Waals surface area contributed by atoms with E-state index >= 15 is 0 Å². The van der Waals surface area contributed by atoms with Gasteiger partial charge >= 0.3 is 0 Å². The highest BCUT2D eigenvalue weighted by Gasteiger charge is 2.15. The average Bonchev–Trinajstić information content (AvgIpc) is 3.61. The lowest BCUT2D eigenvalue weighted by molar-refractivity contribution is 1.17. The van der Waals surface area contributed by atoms with E-state index in [1.54, 1.807) is 30.3 Å². The maximum Gasteiger partial charge on any atom is 0.0652 e. The van der Waals surface area contributed by atoms with E-state index in [0.29, 0.717) is 5.69 Å². The maximum atomic E-state index is 9.52. The SMILES string of the molecule is [2H]c1c([2H])c([2H])c2c(c1[2H])c1c([2H])c(-n3c4c([2H])c([2H])c([2H])c([2H])c4c4c([2H])c([2H])c([2H])c([2H])c43)c([2H])c([2H])c1n2-c1ccccc1. The smallest absolute Gasteiger partial charge is 0.0652 e. The molecule has 2 aromatic heterocycles. The largest absolute Gasteiger partial charge is 0.309 e. The van der Waals surface area contributed by atoms with Crippen LogP contribution in [0.3, 0.4) is 0 Å². The zero-order chi connectivity index (χ0) is 34.1. The fraction of sp³-hybridized carbons (Fsp3) is 0. The maximum absolute atomic E-state index is 9.52. The molecule has 0 radical (unpaired) electrons. The van der Waals surface area contributed by atoms with Gasteiger partial charge in [0.2, 0.25) is 0 Å². The number of fused-ring (bicyclic) bond motifs is 6. The average molecular weight is 424 g/mol. The van der Waals surface area contributed by atoms with Crippen LogP contribution in [0.2, 0.25) is 0 Å². The molecule has 2 heterocycles. The van der Waals surface area contributed by atoms with Crippen LogP contribution in [0.1, 0.15) is 20.6 Å². The number of hydrogen-bond acceptors (Lipinski definition) is 0. The summed E-state index contributed by atoms with van der Waals surface area (Å²) in [6.07, 6.45) is 0. The predicted molar refractivity (Wildman–Crippen MR) is 135 cm³/mol. The third-order valence-corrected chi connectivity index (χ3v) is 5.42. The second kappa shape index (κ2) is 6.60. The van der Waals surface area contributed by atoms with Gasteiger partial charge in [0.15, 0.2) is 0 Å². The molecular weight excluding hydrogens is 388 g/mol. The van der Waals surface area contributed by atoms with Crippen molar-refractivity contribution >= 4 is 43.6 Å². The quantitative estimate of drug-likeness (QED) is 0.268. The summed E-state index contributed by atoms with van der Waals surface area (Å²) in [4.78, 5) is 0. The lowest BCUT2D eigenvalue weighted by atomic mass is 10.1. The highest BCUT2D eigenvalue weighted by Crippen LogP contribution is 2.36. The third-order valence-electron chi connectivity index (χ3n) is 5.42. The summed E-state index contributed by atoms with van der Waals surface area (Å²) in [5.74, 6) is 0. The molecule has 0 N–H and O–H groups in total. The van der Waals surface area contributed by atoms with Crippen LogP contribution in [0.15, 0.2) is 121 Å². The molecule has 2 nitrogen and oxygen atoms in total. The van der Waals surface area contributed by atoms with Crippen molar-refractivity contribution in [2.24, 2.45) is 0 Å². The molecule has 0 amide bonds. The van der Waals surface area contributed by atoms with E-state index in [1.807, 2.05) is 0 Å². The van der Waals surface area contributed by atoms with Crippen molar-refractivity contribution in [3.8, 4) is 11.4 Å². The summed E-state index contributed by atoms with van der Waals surface area (Å²) in [5, 5.41) is -0.809. The molecule has 32 heavy (non-hydrogen) atoms. The Morgan fingerprint density at radius 2 is 0.906 bits per heavy atom. The van der Waals surface area contributed by atoms with Gasteiger partial charge in [-0.1, -0.05) is 72.6 Å². The van der Waals surface area contributed by atoms with Gasteiger partial charge in [0.25, 0.3) is 0 Å². The Morgan fingerprint density at radius 1 is 0.438 bits per heavy atom. The molecule has 150 valence electrons. The molecule has 0 saturated heterocycles. The minimum Gasteiger partial charge on any atom is -0.309 e. The third kappa shape index (κ3) is 2.35. The zero-order valence-electron chi connectivity index (χ0n) is 31.3. The monoisotopic (exact) mass is 423 g/mol. The number of hydrogen-bond donors (Lipinski definition) is 0. The first-order valence-corrected chi connectivity index (χ1v) is 9.75. The number of nitrogens with zero attached hydrogens (tertiary/aromatic N) is 2. The highest BCUT2D eigenvalue weighted by atomic mass is 15.0. The van der Waals surface area contributed by atoms with E-state index in [2.05, 4.69) is 0 Å². The van der Waals surface area contributed by atoms with E-state index in [1.165, 1.54) is 4.57 Å². The predicted octanol–water partition coefficient (Wildman–Crippen LogP) is 7.88.